The topological polar surface area (TPSA) is 41.5 Å². The monoisotopic (exact) mass is 239 g/mol. The fourth-order valence-electron chi connectivity index (χ4n) is 3.07. The molecule has 0 aromatic heterocycles. The van der Waals surface area contributed by atoms with E-state index in [9.17, 15) is 5.11 Å². The van der Waals surface area contributed by atoms with Gasteiger partial charge in [-0.1, -0.05) is 17.7 Å². The predicted molar refractivity (Wildman–Crippen MR) is 62.0 cm³/mol. The lowest BCUT2D eigenvalue weighted by molar-refractivity contribution is 0.255. The van der Waals surface area contributed by atoms with Crippen LogP contribution in [-0.4, -0.2) is 25.3 Å². The van der Waals surface area contributed by atoms with Gasteiger partial charge in [0.05, 0.1) is 12.1 Å². The van der Waals surface area contributed by atoms with Gasteiger partial charge in [0.15, 0.2) is 0 Å². The molecule has 0 bridgehead atoms. The molecule has 2 N–H and O–H groups in total. The Kier molecular flexibility index (Phi) is 2.26. The van der Waals surface area contributed by atoms with E-state index in [0.29, 0.717) is 22.6 Å². The molecule has 1 aliphatic heterocycles. The summed E-state index contributed by atoms with van der Waals surface area (Å²) in [6.45, 7) is 1.93. The molecule has 2 aliphatic carbocycles. The second-order valence-corrected chi connectivity index (χ2v) is 4.94. The molecule has 3 rings (SSSR count). The highest BCUT2D eigenvalue weighted by molar-refractivity contribution is 6.31. The Hall–Kier alpha value is -0.930. The van der Waals surface area contributed by atoms with Crippen LogP contribution in [0.4, 0.5) is 0 Å². The Bertz CT molecular complexity index is 425. The van der Waals surface area contributed by atoms with Crippen molar-refractivity contribution in [3.05, 3.63) is 34.3 Å². The molecule has 0 aromatic rings. The number of aliphatic hydroxyl groups excluding tert-OH is 1. The second-order valence-electron chi connectivity index (χ2n) is 4.54. The van der Waals surface area contributed by atoms with Gasteiger partial charge in [0.2, 0.25) is 0 Å². The summed E-state index contributed by atoms with van der Waals surface area (Å²) < 4.78 is 5.33. The van der Waals surface area contributed by atoms with Gasteiger partial charge in [-0.05, 0) is 24.5 Å². The number of nitrogens with one attached hydrogen (secondary N) is 1. The van der Waals surface area contributed by atoms with E-state index in [0.717, 1.165) is 24.4 Å². The number of fused-ring (bicyclic) bond motifs is 3. The number of aliphatic hydroxyl groups is 1. The van der Waals surface area contributed by atoms with Crippen LogP contribution in [0.5, 0.6) is 0 Å². The van der Waals surface area contributed by atoms with Crippen LogP contribution < -0.4 is 5.32 Å². The molecular formula is C12H14ClNO2. The van der Waals surface area contributed by atoms with E-state index in [-0.39, 0.29) is 5.92 Å². The van der Waals surface area contributed by atoms with Crippen LogP contribution in [0.15, 0.2) is 34.3 Å². The first-order valence-corrected chi connectivity index (χ1v) is 5.87. The van der Waals surface area contributed by atoms with Gasteiger partial charge < -0.3 is 15.2 Å². The van der Waals surface area contributed by atoms with Crippen molar-refractivity contribution in [3.63, 3.8) is 0 Å². The Balaban J connectivity index is 2.07. The zero-order chi connectivity index (χ0) is 11.3. The van der Waals surface area contributed by atoms with Crippen molar-refractivity contribution >= 4 is 11.6 Å². The van der Waals surface area contributed by atoms with Gasteiger partial charge in [0.25, 0.3) is 0 Å². The van der Waals surface area contributed by atoms with Crippen molar-refractivity contribution in [2.45, 2.75) is 0 Å². The normalized spacial score (nSPS) is 36.8. The van der Waals surface area contributed by atoms with Gasteiger partial charge in [0.1, 0.15) is 11.5 Å². The number of allylic oxidation sites excluding steroid dienone is 4. The fourth-order valence-corrected chi connectivity index (χ4v) is 3.36. The van der Waals surface area contributed by atoms with Crippen LogP contribution in [0.25, 0.3) is 0 Å². The number of methoxy groups -OCH3 is 1. The fraction of sp³-hybridized carbons (Fsp3) is 0.500. The molecule has 0 aromatic carbocycles. The molecule has 86 valence electrons. The summed E-state index contributed by atoms with van der Waals surface area (Å²) in [5, 5.41) is 13.9. The van der Waals surface area contributed by atoms with E-state index in [1.807, 2.05) is 0 Å². The first-order valence-electron chi connectivity index (χ1n) is 5.49. The molecule has 1 heterocycles. The molecule has 3 nitrogen and oxygen atoms in total. The highest BCUT2D eigenvalue weighted by Gasteiger charge is 2.45. The number of hydrogen-bond acceptors (Lipinski definition) is 3. The first-order chi connectivity index (χ1) is 7.72. The van der Waals surface area contributed by atoms with Gasteiger partial charge in [-0.3, -0.25) is 0 Å². The van der Waals surface area contributed by atoms with Crippen molar-refractivity contribution in [1.29, 1.82) is 0 Å². The number of rotatable bonds is 1. The van der Waals surface area contributed by atoms with Gasteiger partial charge in [-0.15, -0.1) is 0 Å². The molecule has 3 aliphatic rings. The lowest BCUT2D eigenvalue weighted by Gasteiger charge is -2.25. The minimum Gasteiger partial charge on any atom is -0.512 e. The SMILES string of the molecule is COC1=C(Cl)C=C(O)C2C1=CC1CNCC12. The molecule has 4 heteroatoms. The van der Waals surface area contributed by atoms with Gasteiger partial charge >= 0.3 is 0 Å². The molecule has 16 heavy (non-hydrogen) atoms. The predicted octanol–water partition coefficient (Wildman–Crippen LogP) is 1.93. The van der Waals surface area contributed by atoms with Crippen molar-refractivity contribution in [2.75, 3.05) is 20.2 Å². The number of hydrogen-bond donors (Lipinski definition) is 2. The number of ether oxygens (including phenoxy) is 1. The average Bonchev–Trinajstić information content (AvgIpc) is 2.76. The molecule has 3 atom stereocenters. The third-order valence-corrected chi connectivity index (χ3v) is 4.02. The largest absolute Gasteiger partial charge is 0.512 e. The Morgan fingerprint density at radius 1 is 1.50 bits per heavy atom. The van der Waals surface area contributed by atoms with E-state index in [2.05, 4.69) is 11.4 Å². The zero-order valence-corrected chi connectivity index (χ0v) is 9.79. The maximum atomic E-state index is 10.0. The number of halogens is 1. The van der Waals surface area contributed by atoms with E-state index in [1.54, 1.807) is 13.2 Å². The third-order valence-electron chi connectivity index (χ3n) is 3.74. The molecule has 1 fully saturated rings. The van der Waals surface area contributed by atoms with Crippen LogP contribution in [-0.2, 0) is 4.74 Å². The molecular weight excluding hydrogens is 226 g/mol. The van der Waals surface area contributed by atoms with Crippen molar-refractivity contribution in [3.8, 4) is 0 Å². The standard InChI is InChI=1S/C12H14ClNO2/c1-16-12-7-2-6-4-14-5-8(6)11(7)10(15)3-9(12)13/h2-3,6,8,11,14-15H,4-5H2,1H3. The Morgan fingerprint density at radius 2 is 2.31 bits per heavy atom. The summed E-state index contributed by atoms with van der Waals surface area (Å²) in [5.74, 6) is 2.09. The van der Waals surface area contributed by atoms with Crippen molar-refractivity contribution < 1.29 is 9.84 Å². The van der Waals surface area contributed by atoms with Crippen LogP contribution in [0.3, 0.4) is 0 Å². The highest BCUT2D eigenvalue weighted by Crippen LogP contribution is 2.48. The first kappa shape index (κ1) is 10.2. The highest BCUT2D eigenvalue weighted by atomic mass is 35.5. The molecule has 1 saturated heterocycles. The summed E-state index contributed by atoms with van der Waals surface area (Å²) in [7, 11) is 1.62. The van der Waals surface area contributed by atoms with Gasteiger partial charge in [0, 0.05) is 18.0 Å². The Morgan fingerprint density at radius 3 is 3.06 bits per heavy atom. The quantitative estimate of drug-likeness (QED) is 0.735. The van der Waals surface area contributed by atoms with Crippen LogP contribution in [0.2, 0.25) is 0 Å². The average molecular weight is 240 g/mol. The minimum atomic E-state index is 0.0671. The maximum Gasteiger partial charge on any atom is 0.141 e. The molecule has 0 radical (unpaired) electrons. The molecule has 3 unspecified atom stereocenters. The van der Waals surface area contributed by atoms with E-state index < -0.39 is 0 Å². The summed E-state index contributed by atoms with van der Waals surface area (Å²) in [6.07, 6.45) is 3.81. The van der Waals surface area contributed by atoms with Crippen LogP contribution >= 0.6 is 11.6 Å². The van der Waals surface area contributed by atoms with Crippen molar-refractivity contribution in [1.82, 2.24) is 5.32 Å². The van der Waals surface area contributed by atoms with Gasteiger partial charge in [-0.25, -0.2) is 0 Å². The minimum absolute atomic E-state index is 0.0671. The van der Waals surface area contributed by atoms with E-state index in [1.165, 1.54) is 0 Å². The third kappa shape index (κ3) is 1.25. The smallest absolute Gasteiger partial charge is 0.141 e. The maximum absolute atomic E-state index is 10.0. The summed E-state index contributed by atoms with van der Waals surface area (Å²) in [4.78, 5) is 0. The molecule has 0 saturated carbocycles. The lowest BCUT2D eigenvalue weighted by Crippen LogP contribution is -2.23. The lowest BCUT2D eigenvalue weighted by atomic mass is 9.84. The van der Waals surface area contributed by atoms with Gasteiger partial charge in [-0.2, -0.15) is 0 Å². The van der Waals surface area contributed by atoms with Crippen LogP contribution in [0.1, 0.15) is 0 Å². The summed E-state index contributed by atoms with van der Waals surface area (Å²) in [6, 6.07) is 0. The summed E-state index contributed by atoms with van der Waals surface area (Å²) in [5.41, 5.74) is 1.06. The second kappa shape index (κ2) is 3.54. The van der Waals surface area contributed by atoms with E-state index in [4.69, 9.17) is 16.3 Å². The molecule has 0 amide bonds. The zero-order valence-electron chi connectivity index (χ0n) is 9.03. The Labute approximate surface area is 99.4 Å². The molecule has 0 spiro atoms. The van der Waals surface area contributed by atoms with E-state index >= 15 is 0 Å². The van der Waals surface area contributed by atoms with Crippen LogP contribution in [0, 0.1) is 17.8 Å². The summed E-state index contributed by atoms with van der Waals surface area (Å²) >= 11 is 6.06. The van der Waals surface area contributed by atoms with Crippen molar-refractivity contribution in [2.24, 2.45) is 17.8 Å².